The first-order chi connectivity index (χ1) is 8.61. The SMILES string of the molecule is COc1ccc(C)cc1C(=O)Cc1nccn1C. The van der Waals surface area contributed by atoms with Gasteiger partial charge in [0.05, 0.1) is 19.1 Å². The third kappa shape index (κ3) is 2.42. The van der Waals surface area contributed by atoms with Crippen LogP contribution in [0.25, 0.3) is 0 Å². The van der Waals surface area contributed by atoms with Gasteiger partial charge >= 0.3 is 0 Å². The van der Waals surface area contributed by atoms with Crippen LogP contribution in [0.15, 0.2) is 30.6 Å². The second kappa shape index (κ2) is 5.04. The Morgan fingerprint density at radius 3 is 2.83 bits per heavy atom. The Hall–Kier alpha value is -2.10. The van der Waals surface area contributed by atoms with Crippen LogP contribution in [0.1, 0.15) is 21.7 Å². The third-order valence-electron chi connectivity index (χ3n) is 2.90. The van der Waals surface area contributed by atoms with E-state index in [1.54, 1.807) is 13.3 Å². The van der Waals surface area contributed by atoms with Gasteiger partial charge in [0.1, 0.15) is 11.6 Å². The highest BCUT2D eigenvalue weighted by Gasteiger charge is 2.15. The Labute approximate surface area is 106 Å². The minimum absolute atomic E-state index is 0.0184. The number of carbonyl (C=O) groups excluding carboxylic acids is 1. The lowest BCUT2D eigenvalue weighted by atomic mass is 10.0. The number of methoxy groups -OCH3 is 1. The molecule has 0 saturated heterocycles. The molecular formula is C14H16N2O2. The van der Waals surface area contributed by atoms with E-state index in [1.807, 2.05) is 42.9 Å². The minimum atomic E-state index is 0.0184. The molecule has 18 heavy (non-hydrogen) atoms. The number of ketones is 1. The fourth-order valence-corrected chi connectivity index (χ4v) is 1.85. The maximum Gasteiger partial charge on any atom is 0.174 e. The first-order valence-electron chi connectivity index (χ1n) is 5.76. The number of carbonyl (C=O) groups is 1. The summed E-state index contributed by atoms with van der Waals surface area (Å²) < 4.78 is 7.07. The molecule has 0 atom stereocenters. The third-order valence-corrected chi connectivity index (χ3v) is 2.90. The van der Waals surface area contributed by atoms with Crippen molar-refractivity contribution in [2.75, 3.05) is 7.11 Å². The summed E-state index contributed by atoms with van der Waals surface area (Å²) in [6.07, 6.45) is 3.80. The Bertz CT molecular complexity index is 573. The predicted octanol–water partition coefficient (Wildman–Crippen LogP) is 2.16. The summed E-state index contributed by atoms with van der Waals surface area (Å²) >= 11 is 0. The average molecular weight is 244 g/mol. The quantitative estimate of drug-likeness (QED) is 0.774. The summed E-state index contributed by atoms with van der Waals surface area (Å²) in [7, 11) is 3.45. The standard InChI is InChI=1S/C14H16N2O2/c1-10-4-5-13(18-3)11(8-10)12(17)9-14-15-6-7-16(14)2/h4-8H,9H2,1-3H3. The smallest absolute Gasteiger partial charge is 0.174 e. The van der Waals surface area contributed by atoms with E-state index in [2.05, 4.69) is 4.98 Å². The summed E-state index contributed by atoms with van der Waals surface area (Å²) in [6, 6.07) is 5.60. The molecule has 2 rings (SSSR count). The van der Waals surface area contributed by atoms with E-state index in [-0.39, 0.29) is 12.2 Å². The molecule has 0 aliphatic carbocycles. The van der Waals surface area contributed by atoms with E-state index < -0.39 is 0 Å². The van der Waals surface area contributed by atoms with Crippen molar-refractivity contribution >= 4 is 5.78 Å². The number of aryl methyl sites for hydroxylation is 2. The zero-order valence-electron chi connectivity index (χ0n) is 10.8. The van der Waals surface area contributed by atoms with Gasteiger partial charge in [0.15, 0.2) is 5.78 Å². The zero-order chi connectivity index (χ0) is 13.1. The van der Waals surface area contributed by atoms with Crippen molar-refractivity contribution in [3.05, 3.63) is 47.5 Å². The molecule has 0 N–H and O–H groups in total. The maximum atomic E-state index is 12.3. The van der Waals surface area contributed by atoms with Gasteiger partial charge in [-0.3, -0.25) is 4.79 Å². The van der Waals surface area contributed by atoms with Gasteiger partial charge in [0.25, 0.3) is 0 Å². The van der Waals surface area contributed by atoms with Gasteiger partial charge in [0, 0.05) is 19.4 Å². The van der Waals surface area contributed by atoms with E-state index in [9.17, 15) is 4.79 Å². The van der Waals surface area contributed by atoms with Gasteiger partial charge in [-0.05, 0) is 19.1 Å². The van der Waals surface area contributed by atoms with Crippen LogP contribution in [0.4, 0.5) is 0 Å². The van der Waals surface area contributed by atoms with Crippen LogP contribution in [0.3, 0.4) is 0 Å². The second-order valence-corrected chi connectivity index (χ2v) is 4.26. The monoisotopic (exact) mass is 244 g/mol. The molecule has 0 fully saturated rings. The van der Waals surface area contributed by atoms with Crippen LogP contribution in [-0.2, 0) is 13.5 Å². The highest BCUT2D eigenvalue weighted by Crippen LogP contribution is 2.21. The number of nitrogens with zero attached hydrogens (tertiary/aromatic N) is 2. The van der Waals surface area contributed by atoms with Crippen LogP contribution in [0, 0.1) is 6.92 Å². The number of imidazole rings is 1. The number of hydrogen-bond donors (Lipinski definition) is 0. The lowest BCUT2D eigenvalue weighted by molar-refractivity contribution is 0.0987. The highest BCUT2D eigenvalue weighted by molar-refractivity contribution is 5.99. The molecule has 4 nitrogen and oxygen atoms in total. The largest absolute Gasteiger partial charge is 0.496 e. The number of Topliss-reactive ketones (excluding diaryl/α,β-unsaturated/α-hetero) is 1. The van der Waals surface area contributed by atoms with E-state index in [1.165, 1.54) is 0 Å². The Balaban J connectivity index is 2.29. The number of ether oxygens (including phenoxy) is 1. The molecular weight excluding hydrogens is 228 g/mol. The van der Waals surface area contributed by atoms with Crippen LogP contribution in [-0.4, -0.2) is 22.4 Å². The molecule has 4 heteroatoms. The second-order valence-electron chi connectivity index (χ2n) is 4.26. The van der Waals surface area contributed by atoms with Crippen molar-refractivity contribution in [1.82, 2.24) is 9.55 Å². The van der Waals surface area contributed by atoms with Gasteiger partial charge in [0.2, 0.25) is 0 Å². The van der Waals surface area contributed by atoms with Gasteiger partial charge in [-0.25, -0.2) is 4.98 Å². The summed E-state index contributed by atoms with van der Waals surface area (Å²) in [5, 5.41) is 0. The molecule has 1 heterocycles. The number of hydrogen-bond acceptors (Lipinski definition) is 3. The normalized spacial score (nSPS) is 10.4. The van der Waals surface area contributed by atoms with Crippen molar-refractivity contribution < 1.29 is 9.53 Å². The van der Waals surface area contributed by atoms with Crippen LogP contribution < -0.4 is 4.74 Å². The Morgan fingerprint density at radius 1 is 1.44 bits per heavy atom. The van der Waals surface area contributed by atoms with E-state index in [4.69, 9.17) is 4.74 Å². The summed E-state index contributed by atoms with van der Waals surface area (Å²) in [5.41, 5.74) is 1.65. The van der Waals surface area contributed by atoms with Crippen molar-refractivity contribution in [3.63, 3.8) is 0 Å². The first-order valence-corrected chi connectivity index (χ1v) is 5.76. The molecule has 0 radical (unpaired) electrons. The molecule has 1 aromatic carbocycles. The predicted molar refractivity (Wildman–Crippen MR) is 69.0 cm³/mol. The molecule has 1 aromatic heterocycles. The molecule has 0 saturated carbocycles. The summed E-state index contributed by atoms with van der Waals surface area (Å²) in [4.78, 5) is 16.4. The molecule has 0 unspecified atom stereocenters. The Morgan fingerprint density at radius 2 is 2.22 bits per heavy atom. The molecule has 0 bridgehead atoms. The molecule has 2 aromatic rings. The first kappa shape index (κ1) is 12.4. The van der Waals surface area contributed by atoms with E-state index >= 15 is 0 Å². The van der Waals surface area contributed by atoms with Crippen molar-refractivity contribution in [3.8, 4) is 5.75 Å². The molecule has 0 aliphatic rings. The van der Waals surface area contributed by atoms with Crippen LogP contribution in [0.5, 0.6) is 5.75 Å². The highest BCUT2D eigenvalue weighted by atomic mass is 16.5. The topological polar surface area (TPSA) is 44.1 Å². The van der Waals surface area contributed by atoms with Gasteiger partial charge in [-0.15, -0.1) is 0 Å². The van der Waals surface area contributed by atoms with Gasteiger partial charge < -0.3 is 9.30 Å². The number of rotatable bonds is 4. The fourth-order valence-electron chi connectivity index (χ4n) is 1.85. The van der Waals surface area contributed by atoms with Crippen LogP contribution in [0.2, 0.25) is 0 Å². The molecule has 0 amide bonds. The zero-order valence-corrected chi connectivity index (χ0v) is 10.8. The molecule has 0 spiro atoms. The van der Waals surface area contributed by atoms with Crippen molar-refractivity contribution in [1.29, 1.82) is 0 Å². The molecule has 94 valence electrons. The van der Waals surface area contributed by atoms with E-state index in [0.29, 0.717) is 11.3 Å². The summed E-state index contributed by atoms with van der Waals surface area (Å²) in [5.74, 6) is 1.38. The summed E-state index contributed by atoms with van der Waals surface area (Å²) in [6.45, 7) is 1.96. The molecule has 0 aliphatic heterocycles. The number of benzene rings is 1. The maximum absolute atomic E-state index is 12.3. The van der Waals surface area contributed by atoms with Crippen LogP contribution >= 0.6 is 0 Å². The van der Waals surface area contributed by atoms with Crippen molar-refractivity contribution in [2.24, 2.45) is 7.05 Å². The average Bonchev–Trinajstić information content (AvgIpc) is 2.75. The van der Waals surface area contributed by atoms with Gasteiger partial charge in [-0.2, -0.15) is 0 Å². The van der Waals surface area contributed by atoms with E-state index in [0.717, 1.165) is 11.4 Å². The minimum Gasteiger partial charge on any atom is -0.496 e. The van der Waals surface area contributed by atoms with Gasteiger partial charge in [-0.1, -0.05) is 11.6 Å². The lowest BCUT2D eigenvalue weighted by Crippen LogP contribution is -2.09. The fraction of sp³-hybridized carbons (Fsp3) is 0.286. The van der Waals surface area contributed by atoms with Crippen molar-refractivity contribution in [2.45, 2.75) is 13.3 Å². The number of aromatic nitrogens is 2. The lowest BCUT2D eigenvalue weighted by Gasteiger charge is -2.08. The Kier molecular flexibility index (Phi) is 3.46.